The molecule has 1 N–H and O–H groups in total. The number of pyridine rings is 2. The molecular formula is C20H16F3N7O. The molecule has 0 saturated carbocycles. The lowest BCUT2D eigenvalue weighted by molar-refractivity contribution is -0.141. The Bertz CT molecular complexity index is 1120. The van der Waals surface area contributed by atoms with Crippen LogP contribution in [0, 0.1) is 0 Å². The van der Waals surface area contributed by atoms with Crippen molar-refractivity contribution in [3.05, 3.63) is 54.7 Å². The Balaban J connectivity index is 1.50. The fourth-order valence-electron chi connectivity index (χ4n) is 3.88. The van der Waals surface area contributed by atoms with Crippen LogP contribution in [-0.4, -0.2) is 45.1 Å². The van der Waals surface area contributed by atoms with E-state index in [4.69, 9.17) is 0 Å². The number of rotatable bonds is 2. The third-order valence-electron chi connectivity index (χ3n) is 5.32. The number of nitrogens with zero attached hydrogens (tertiary/aromatic N) is 6. The normalized spacial score (nSPS) is 17.5. The van der Waals surface area contributed by atoms with E-state index in [1.807, 2.05) is 6.07 Å². The number of fused-ring (bicyclic) bond motifs is 4. The summed E-state index contributed by atoms with van der Waals surface area (Å²) in [5, 5.41) is 2.74. The molecule has 3 aromatic rings. The molecule has 0 aliphatic carbocycles. The van der Waals surface area contributed by atoms with Crippen molar-refractivity contribution in [2.75, 3.05) is 28.2 Å². The van der Waals surface area contributed by atoms with Crippen LogP contribution in [0.2, 0.25) is 0 Å². The van der Waals surface area contributed by atoms with Crippen LogP contribution in [0.15, 0.2) is 49.1 Å². The van der Waals surface area contributed by atoms with E-state index in [9.17, 15) is 18.0 Å². The van der Waals surface area contributed by atoms with E-state index < -0.39 is 11.9 Å². The van der Waals surface area contributed by atoms with E-state index in [1.54, 1.807) is 11.0 Å². The van der Waals surface area contributed by atoms with Crippen molar-refractivity contribution in [1.82, 2.24) is 19.9 Å². The van der Waals surface area contributed by atoms with Gasteiger partial charge < -0.3 is 4.90 Å². The summed E-state index contributed by atoms with van der Waals surface area (Å²) in [5.74, 6) is 0.769. The van der Waals surface area contributed by atoms with Crippen LogP contribution in [-0.2, 0) is 6.18 Å². The Hall–Kier alpha value is -3.76. The summed E-state index contributed by atoms with van der Waals surface area (Å²) < 4.78 is 38.4. The van der Waals surface area contributed by atoms with Crippen LogP contribution in [0.4, 0.5) is 35.3 Å². The molecule has 11 heteroatoms. The van der Waals surface area contributed by atoms with E-state index in [1.165, 1.54) is 24.7 Å². The van der Waals surface area contributed by atoms with E-state index in [2.05, 4.69) is 30.2 Å². The first-order valence-corrected chi connectivity index (χ1v) is 9.56. The summed E-state index contributed by atoms with van der Waals surface area (Å²) in [6.07, 6.45) is 1.84. The SMILES string of the molecule is O=C(Nc1cnccn1)N1c2nc(-c3ccc(C(F)(F)F)nc3)ccc2N2CC[C@H]1C2. The zero-order valence-electron chi connectivity index (χ0n) is 16.0. The van der Waals surface area contributed by atoms with E-state index in [0.717, 1.165) is 30.9 Å². The number of urea groups is 1. The third-order valence-corrected chi connectivity index (χ3v) is 5.32. The largest absolute Gasteiger partial charge is 0.433 e. The standard InChI is InChI=1S/C20H16F3N7O/c21-20(22,23)16-4-1-12(9-26-16)14-2-3-15-18(27-14)30(13-5-8-29(15)11-13)19(31)28-17-10-24-6-7-25-17/h1-4,6-7,9-10,13H,5,8,11H2,(H,25,28,31)/t13-/m0/s1. The highest BCUT2D eigenvalue weighted by molar-refractivity contribution is 6.04. The van der Waals surface area contributed by atoms with Gasteiger partial charge in [-0.3, -0.25) is 20.2 Å². The van der Waals surface area contributed by atoms with Crippen molar-refractivity contribution in [2.45, 2.75) is 18.6 Å². The second-order valence-electron chi connectivity index (χ2n) is 7.25. The lowest BCUT2D eigenvalue weighted by Crippen LogP contribution is -2.48. The van der Waals surface area contributed by atoms with Gasteiger partial charge in [0.1, 0.15) is 5.69 Å². The number of alkyl halides is 3. The summed E-state index contributed by atoms with van der Waals surface area (Å²) in [7, 11) is 0. The minimum atomic E-state index is -4.51. The van der Waals surface area contributed by atoms with Gasteiger partial charge in [-0.1, -0.05) is 0 Å². The van der Waals surface area contributed by atoms with Gasteiger partial charge in [-0.2, -0.15) is 13.2 Å². The number of hydrogen-bond acceptors (Lipinski definition) is 6. The number of hydrogen-bond donors (Lipinski definition) is 1. The molecule has 158 valence electrons. The van der Waals surface area contributed by atoms with Crippen molar-refractivity contribution in [3.63, 3.8) is 0 Å². The van der Waals surface area contributed by atoms with Crippen LogP contribution in [0.3, 0.4) is 0 Å². The van der Waals surface area contributed by atoms with E-state index >= 15 is 0 Å². The molecule has 1 saturated heterocycles. The number of nitrogens with one attached hydrogen (secondary N) is 1. The summed E-state index contributed by atoms with van der Waals surface area (Å²) >= 11 is 0. The average molecular weight is 427 g/mol. The van der Waals surface area contributed by atoms with Crippen molar-refractivity contribution >= 4 is 23.4 Å². The molecule has 0 unspecified atom stereocenters. The summed E-state index contributed by atoms with van der Waals surface area (Å²) in [6.45, 7) is 1.47. The first-order valence-electron chi connectivity index (χ1n) is 9.56. The van der Waals surface area contributed by atoms with Gasteiger partial charge in [-0.25, -0.2) is 14.8 Å². The minimum Gasteiger partial charge on any atom is -0.366 e. The van der Waals surface area contributed by atoms with Crippen LogP contribution in [0.25, 0.3) is 11.3 Å². The molecule has 2 bridgehead atoms. The fourth-order valence-corrected chi connectivity index (χ4v) is 3.88. The van der Waals surface area contributed by atoms with Gasteiger partial charge in [0.15, 0.2) is 11.6 Å². The molecule has 2 aliphatic heterocycles. The second-order valence-corrected chi connectivity index (χ2v) is 7.25. The molecule has 1 fully saturated rings. The van der Waals surface area contributed by atoms with Gasteiger partial charge in [0.25, 0.3) is 0 Å². The minimum absolute atomic E-state index is 0.0716. The predicted molar refractivity (Wildman–Crippen MR) is 107 cm³/mol. The number of carbonyl (C=O) groups excluding carboxylic acids is 1. The van der Waals surface area contributed by atoms with Crippen LogP contribution >= 0.6 is 0 Å². The smallest absolute Gasteiger partial charge is 0.366 e. The molecule has 0 spiro atoms. The quantitative estimate of drug-likeness (QED) is 0.673. The Labute approximate surface area is 174 Å². The maximum Gasteiger partial charge on any atom is 0.433 e. The highest BCUT2D eigenvalue weighted by Gasteiger charge is 2.40. The zero-order chi connectivity index (χ0) is 21.6. The highest BCUT2D eigenvalue weighted by Crippen LogP contribution is 2.40. The van der Waals surface area contributed by atoms with Crippen LogP contribution in [0.5, 0.6) is 0 Å². The van der Waals surface area contributed by atoms with Gasteiger partial charge in [0.05, 0.1) is 23.6 Å². The summed E-state index contributed by atoms with van der Waals surface area (Å²) in [4.78, 5) is 33.0. The maximum atomic E-state index is 13.1. The molecular weight excluding hydrogens is 411 g/mol. The monoisotopic (exact) mass is 427 g/mol. The molecule has 0 aromatic carbocycles. The topological polar surface area (TPSA) is 87.1 Å². The third kappa shape index (κ3) is 3.51. The van der Waals surface area contributed by atoms with Crippen LogP contribution < -0.4 is 15.1 Å². The lowest BCUT2D eigenvalue weighted by Gasteiger charge is -2.35. The van der Waals surface area contributed by atoms with Crippen molar-refractivity contribution in [3.8, 4) is 11.3 Å². The summed E-state index contributed by atoms with van der Waals surface area (Å²) in [6, 6.07) is 5.34. The van der Waals surface area contributed by atoms with Gasteiger partial charge in [0, 0.05) is 37.2 Å². The van der Waals surface area contributed by atoms with Gasteiger partial charge >= 0.3 is 12.2 Å². The molecule has 2 aliphatic rings. The number of anilines is 3. The Morgan fingerprint density at radius 1 is 1.10 bits per heavy atom. The summed E-state index contributed by atoms with van der Waals surface area (Å²) in [5.41, 5.74) is 0.688. The molecule has 1 atom stereocenters. The number of carbonyl (C=O) groups is 1. The Morgan fingerprint density at radius 3 is 2.68 bits per heavy atom. The van der Waals surface area contributed by atoms with E-state index in [0.29, 0.717) is 29.4 Å². The maximum absolute atomic E-state index is 13.1. The first kappa shape index (κ1) is 19.2. The highest BCUT2D eigenvalue weighted by atomic mass is 19.4. The molecule has 8 nitrogen and oxygen atoms in total. The lowest BCUT2D eigenvalue weighted by atomic mass is 10.1. The molecule has 3 aromatic heterocycles. The molecule has 5 heterocycles. The van der Waals surface area contributed by atoms with Gasteiger partial charge in [0.2, 0.25) is 0 Å². The number of aromatic nitrogens is 4. The molecule has 5 rings (SSSR count). The van der Waals surface area contributed by atoms with Crippen molar-refractivity contribution in [2.24, 2.45) is 0 Å². The van der Waals surface area contributed by atoms with E-state index in [-0.39, 0.29) is 12.1 Å². The number of amides is 2. The average Bonchev–Trinajstić information content (AvgIpc) is 3.18. The second kappa shape index (κ2) is 7.18. The van der Waals surface area contributed by atoms with Crippen LogP contribution in [0.1, 0.15) is 12.1 Å². The Morgan fingerprint density at radius 2 is 1.97 bits per heavy atom. The Kier molecular flexibility index (Phi) is 4.45. The predicted octanol–water partition coefficient (Wildman–Crippen LogP) is 3.58. The zero-order valence-corrected chi connectivity index (χ0v) is 16.0. The molecule has 31 heavy (non-hydrogen) atoms. The fraction of sp³-hybridized carbons (Fsp3) is 0.250. The first-order chi connectivity index (χ1) is 14.9. The molecule has 2 amide bonds. The van der Waals surface area contributed by atoms with Gasteiger partial charge in [-0.15, -0.1) is 0 Å². The molecule has 0 radical (unpaired) electrons. The number of halogens is 3. The van der Waals surface area contributed by atoms with Crippen molar-refractivity contribution < 1.29 is 18.0 Å². The van der Waals surface area contributed by atoms with Gasteiger partial charge in [-0.05, 0) is 30.7 Å². The van der Waals surface area contributed by atoms with Crippen molar-refractivity contribution in [1.29, 1.82) is 0 Å².